The zero-order chi connectivity index (χ0) is 12.7. The molecule has 4 heteroatoms. The summed E-state index contributed by atoms with van der Waals surface area (Å²) >= 11 is 0. The molecule has 0 saturated carbocycles. The third kappa shape index (κ3) is 5.17. The lowest BCUT2D eigenvalue weighted by molar-refractivity contribution is 0.0590. The van der Waals surface area contributed by atoms with E-state index in [0.717, 1.165) is 5.56 Å². The van der Waals surface area contributed by atoms with Gasteiger partial charge in [-0.1, -0.05) is 12.1 Å². The second-order valence-electron chi connectivity index (χ2n) is 4.17. The van der Waals surface area contributed by atoms with E-state index in [2.05, 4.69) is 5.32 Å². The van der Waals surface area contributed by atoms with Crippen molar-refractivity contribution in [1.29, 1.82) is 0 Å². The second-order valence-corrected chi connectivity index (χ2v) is 4.17. The Bertz CT molecular complexity index is 330. The maximum Gasteiger partial charge on any atom is 0.115 e. The van der Waals surface area contributed by atoms with Crippen LogP contribution in [0.5, 0.6) is 5.75 Å². The van der Waals surface area contributed by atoms with E-state index in [1.54, 1.807) is 19.2 Å². The first-order valence-corrected chi connectivity index (χ1v) is 5.82. The molecule has 2 unspecified atom stereocenters. The molecule has 1 rings (SSSR count). The number of aliphatic hydroxyl groups is 1. The maximum absolute atomic E-state index is 9.47. The van der Waals surface area contributed by atoms with E-state index in [1.165, 1.54) is 0 Å². The number of hydrogen-bond donors (Lipinski definition) is 3. The predicted molar refractivity (Wildman–Crippen MR) is 67.0 cm³/mol. The number of hydrogen-bond acceptors (Lipinski definition) is 4. The van der Waals surface area contributed by atoms with Gasteiger partial charge in [0.1, 0.15) is 5.75 Å². The number of nitrogens with one attached hydrogen (secondary N) is 1. The molecule has 0 bridgehead atoms. The molecule has 0 aliphatic carbocycles. The van der Waals surface area contributed by atoms with Gasteiger partial charge in [0.2, 0.25) is 0 Å². The van der Waals surface area contributed by atoms with Gasteiger partial charge in [-0.15, -0.1) is 0 Å². The Labute approximate surface area is 102 Å². The molecule has 1 aromatic rings. The van der Waals surface area contributed by atoms with E-state index in [-0.39, 0.29) is 11.8 Å². The molecule has 3 N–H and O–H groups in total. The van der Waals surface area contributed by atoms with Crippen LogP contribution in [0.1, 0.15) is 24.9 Å². The summed E-state index contributed by atoms with van der Waals surface area (Å²) in [6.45, 7) is 3.10. The monoisotopic (exact) mass is 239 g/mol. The quantitative estimate of drug-likeness (QED) is 0.674. The molecule has 17 heavy (non-hydrogen) atoms. The van der Waals surface area contributed by atoms with Gasteiger partial charge < -0.3 is 20.3 Å². The average molecular weight is 239 g/mol. The number of methoxy groups -OCH3 is 1. The zero-order valence-corrected chi connectivity index (χ0v) is 10.4. The number of phenolic OH excluding ortho intramolecular Hbond substituents is 1. The van der Waals surface area contributed by atoms with Gasteiger partial charge >= 0.3 is 0 Å². The Morgan fingerprint density at radius 3 is 2.82 bits per heavy atom. The minimum atomic E-state index is -0.427. The summed E-state index contributed by atoms with van der Waals surface area (Å²) in [7, 11) is 1.58. The number of ether oxygens (including phenoxy) is 1. The van der Waals surface area contributed by atoms with Gasteiger partial charge in [0.15, 0.2) is 0 Å². The minimum absolute atomic E-state index is 0.150. The summed E-state index contributed by atoms with van der Waals surface area (Å²) in [5.41, 5.74) is 1.03. The van der Waals surface area contributed by atoms with Crippen molar-refractivity contribution in [2.24, 2.45) is 0 Å². The van der Waals surface area contributed by atoms with Crippen molar-refractivity contribution in [3.05, 3.63) is 29.8 Å². The first-order chi connectivity index (χ1) is 8.13. The lowest BCUT2D eigenvalue weighted by Crippen LogP contribution is -2.25. The summed E-state index contributed by atoms with van der Waals surface area (Å²) in [5.74, 6) is 0.274. The lowest BCUT2D eigenvalue weighted by Gasteiger charge is -2.16. The van der Waals surface area contributed by atoms with Gasteiger partial charge in [-0.25, -0.2) is 0 Å². The highest BCUT2D eigenvalue weighted by atomic mass is 16.5. The lowest BCUT2D eigenvalue weighted by atomic mass is 10.1. The van der Waals surface area contributed by atoms with Crippen molar-refractivity contribution in [3.63, 3.8) is 0 Å². The third-order valence-electron chi connectivity index (χ3n) is 2.66. The van der Waals surface area contributed by atoms with Crippen molar-refractivity contribution >= 4 is 0 Å². The molecule has 0 spiro atoms. The first-order valence-electron chi connectivity index (χ1n) is 5.82. The summed E-state index contributed by atoms with van der Waals surface area (Å²) in [4.78, 5) is 0. The van der Waals surface area contributed by atoms with Crippen molar-refractivity contribution in [2.75, 3.05) is 20.3 Å². The number of aromatic hydroxyl groups is 1. The summed E-state index contributed by atoms with van der Waals surface area (Å²) in [6.07, 6.45) is 0.223. The number of rotatable bonds is 7. The van der Waals surface area contributed by atoms with Gasteiger partial charge in [-0.3, -0.25) is 0 Å². The predicted octanol–water partition coefficient (Wildman–Crippen LogP) is 1.44. The molecule has 0 aliphatic heterocycles. The molecule has 4 nitrogen and oxygen atoms in total. The molecule has 96 valence electrons. The molecule has 0 saturated heterocycles. The van der Waals surface area contributed by atoms with Crippen LogP contribution in [0.4, 0.5) is 0 Å². The number of phenols is 1. The van der Waals surface area contributed by atoms with Crippen LogP contribution < -0.4 is 5.32 Å². The molecule has 1 aromatic carbocycles. The molecule has 0 aromatic heterocycles. The molecule has 0 fully saturated rings. The van der Waals surface area contributed by atoms with Gasteiger partial charge in [0.25, 0.3) is 0 Å². The van der Waals surface area contributed by atoms with Crippen LogP contribution in [0.3, 0.4) is 0 Å². The van der Waals surface area contributed by atoms with Gasteiger partial charge in [-0.2, -0.15) is 0 Å². The van der Waals surface area contributed by atoms with E-state index in [1.807, 2.05) is 19.1 Å². The molecule has 0 radical (unpaired) electrons. The number of benzene rings is 1. The molecule has 0 amide bonds. The highest BCUT2D eigenvalue weighted by Gasteiger charge is 2.07. The summed E-state index contributed by atoms with van der Waals surface area (Å²) in [6, 6.07) is 7.32. The van der Waals surface area contributed by atoms with Crippen LogP contribution in [-0.2, 0) is 4.74 Å². The molecular weight excluding hydrogens is 218 g/mol. The fourth-order valence-electron chi connectivity index (χ4n) is 1.65. The Morgan fingerprint density at radius 1 is 1.41 bits per heavy atom. The molecular formula is C13H21NO3. The van der Waals surface area contributed by atoms with E-state index in [9.17, 15) is 10.2 Å². The molecule has 0 aliphatic rings. The average Bonchev–Trinajstić information content (AvgIpc) is 2.29. The Morgan fingerprint density at radius 2 is 2.18 bits per heavy atom. The maximum atomic E-state index is 9.47. The number of aliphatic hydroxyl groups excluding tert-OH is 1. The highest BCUT2D eigenvalue weighted by molar-refractivity contribution is 5.28. The van der Waals surface area contributed by atoms with Gasteiger partial charge in [0.05, 0.1) is 12.7 Å². The largest absolute Gasteiger partial charge is 0.508 e. The Balaban J connectivity index is 2.32. The van der Waals surface area contributed by atoms with Crippen molar-refractivity contribution in [2.45, 2.75) is 25.5 Å². The fourth-order valence-corrected chi connectivity index (χ4v) is 1.65. The first kappa shape index (κ1) is 14.0. The van der Waals surface area contributed by atoms with Crippen LogP contribution in [-0.4, -0.2) is 36.6 Å². The normalized spacial score (nSPS) is 14.5. The van der Waals surface area contributed by atoms with E-state index >= 15 is 0 Å². The van der Waals surface area contributed by atoms with Crippen LogP contribution in [0, 0.1) is 0 Å². The highest BCUT2D eigenvalue weighted by Crippen LogP contribution is 2.17. The van der Waals surface area contributed by atoms with Crippen molar-refractivity contribution in [3.8, 4) is 5.75 Å². The Kier molecular flexibility index (Phi) is 5.97. The second kappa shape index (κ2) is 7.27. The van der Waals surface area contributed by atoms with Crippen LogP contribution >= 0.6 is 0 Å². The summed E-state index contributed by atoms with van der Waals surface area (Å²) in [5, 5.41) is 22.1. The SMILES string of the molecule is COCC(O)CCNC(C)c1cccc(O)c1. The topological polar surface area (TPSA) is 61.7 Å². The van der Waals surface area contributed by atoms with Crippen LogP contribution in [0.2, 0.25) is 0 Å². The fraction of sp³-hybridized carbons (Fsp3) is 0.538. The van der Waals surface area contributed by atoms with Gasteiger partial charge in [-0.05, 0) is 37.6 Å². The van der Waals surface area contributed by atoms with Crippen LogP contribution in [0.25, 0.3) is 0 Å². The summed E-state index contributed by atoms with van der Waals surface area (Å²) < 4.78 is 4.85. The zero-order valence-electron chi connectivity index (χ0n) is 10.4. The van der Waals surface area contributed by atoms with E-state index in [0.29, 0.717) is 19.6 Å². The van der Waals surface area contributed by atoms with E-state index in [4.69, 9.17) is 4.74 Å². The molecule has 2 atom stereocenters. The van der Waals surface area contributed by atoms with Crippen LogP contribution in [0.15, 0.2) is 24.3 Å². The standard InChI is InChI=1S/C13H21NO3/c1-10(11-4-3-5-12(15)8-11)14-7-6-13(16)9-17-2/h3-5,8,10,13-16H,6-7,9H2,1-2H3. The molecule has 0 heterocycles. The van der Waals surface area contributed by atoms with Crippen molar-refractivity contribution in [1.82, 2.24) is 5.32 Å². The van der Waals surface area contributed by atoms with Gasteiger partial charge in [0, 0.05) is 13.2 Å². The Hall–Kier alpha value is -1.10. The van der Waals surface area contributed by atoms with E-state index < -0.39 is 6.10 Å². The van der Waals surface area contributed by atoms with Crippen molar-refractivity contribution < 1.29 is 14.9 Å². The minimum Gasteiger partial charge on any atom is -0.508 e. The smallest absolute Gasteiger partial charge is 0.115 e. The third-order valence-corrected chi connectivity index (χ3v) is 2.66.